The number of nitrogens with zero attached hydrogens (tertiary/aromatic N) is 2. The van der Waals surface area contributed by atoms with E-state index in [0.29, 0.717) is 25.6 Å². The zero-order valence-electron chi connectivity index (χ0n) is 13.6. The van der Waals surface area contributed by atoms with Crippen LogP contribution in [-0.4, -0.2) is 80.8 Å². The number of morpholine rings is 1. The van der Waals surface area contributed by atoms with Gasteiger partial charge in [-0.3, -0.25) is 4.79 Å². The molecule has 1 heterocycles. The van der Waals surface area contributed by atoms with E-state index in [4.69, 9.17) is 4.74 Å². The summed E-state index contributed by atoms with van der Waals surface area (Å²) in [5.41, 5.74) is 0. The second-order valence-corrected chi connectivity index (χ2v) is 6.32. The van der Waals surface area contributed by atoms with Gasteiger partial charge < -0.3 is 25.2 Å². The first kappa shape index (κ1) is 17.0. The number of rotatable bonds is 7. The topological polar surface area (TPSA) is 73.9 Å². The van der Waals surface area contributed by atoms with Gasteiger partial charge in [0.1, 0.15) is 0 Å². The average Bonchev–Trinajstić information content (AvgIpc) is 3.26. The van der Waals surface area contributed by atoms with Crippen LogP contribution in [0.25, 0.3) is 0 Å². The Kier molecular flexibility index (Phi) is 6.45. The summed E-state index contributed by atoms with van der Waals surface area (Å²) in [7, 11) is 2.08. The van der Waals surface area contributed by atoms with Crippen LogP contribution in [0.15, 0.2) is 0 Å². The Bertz CT molecular complexity index is 387. The molecule has 0 radical (unpaired) electrons. The fourth-order valence-corrected chi connectivity index (χ4v) is 2.60. The molecule has 1 aliphatic heterocycles. The van der Waals surface area contributed by atoms with Crippen molar-refractivity contribution in [3.8, 4) is 0 Å². The van der Waals surface area contributed by atoms with Crippen molar-refractivity contribution in [1.82, 2.24) is 20.4 Å². The third-order valence-corrected chi connectivity index (χ3v) is 4.00. The SMILES string of the molecule is CC(=O)NCCNC(=O)N(CC1CC1)C[C@H]1CN(C)CCO1. The molecule has 22 heavy (non-hydrogen) atoms. The van der Waals surface area contributed by atoms with Gasteiger partial charge in [0.2, 0.25) is 5.91 Å². The molecular weight excluding hydrogens is 284 g/mol. The van der Waals surface area contributed by atoms with Crippen LogP contribution in [-0.2, 0) is 9.53 Å². The Morgan fingerprint density at radius 3 is 2.59 bits per heavy atom. The Morgan fingerprint density at radius 2 is 1.95 bits per heavy atom. The van der Waals surface area contributed by atoms with Crippen LogP contribution in [0, 0.1) is 5.92 Å². The van der Waals surface area contributed by atoms with Crippen molar-refractivity contribution >= 4 is 11.9 Å². The van der Waals surface area contributed by atoms with Gasteiger partial charge in [0.15, 0.2) is 0 Å². The summed E-state index contributed by atoms with van der Waals surface area (Å²) in [5.74, 6) is 0.560. The van der Waals surface area contributed by atoms with Crippen molar-refractivity contribution in [2.24, 2.45) is 5.92 Å². The minimum atomic E-state index is -0.0808. The van der Waals surface area contributed by atoms with Gasteiger partial charge in [-0.2, -0.15) is 0 Å². The number of hydrogen-bond donors (Lipinski definition) is 2. The zero-order valence-corrected chi connectivity index (χ0v) is 13.6. The number of hydrogen-bond acceptors (Lipinski definition) is 4. The third-order valence-electron chi connectivity index (χ3n) is 4.00. The number of ether oxygens (including phenoxy) is 1. The highest BCUT2D eigenvalue weighted by Crippen LogP contribution is 2.29. The summed E-state index contributed by atoms with van der Waals surface area (Å²) in [4.78, 5) is 27.3. The van der Waals surface area contributed by atoms with Crippen LogP contribution in [0.1, 0.15) is 19.8 Å². The molecule has 0 aromatic carbocycles. The molecule has 1 aliphatic carbocycles. The summed E-state index contributed by atoms with van der Waals surface area (Å²) in [6.07, 6.45) is 2.50. The molecular formula is C15H28N4O3. The van der Waals surface area contributed by atoms with Gasteiger partial charge in [0.25, 0.3) is 0 Å². The first-order valence-corrected chi connectivity index (χ1v) is 8.12. The van der Waals surface area contributed by atoms with Crippen molar-refractivity contribution in [2.45, 2.75) is 25.9 Å². The highest BCUT2D eigenvalue weighted by molar-refractivity contribution is 5.75. The largest absolute Gasteiger partial charge is 0.374 e. The summed E-state index contributed by atoms with van der Waals surface area (Å²) in [6, 6.07) is -0.0610. The van der Waals surface area contributed by atoms with Gasteiger partial charge in [0, 0.05) is 46.2 Å². The highest BCUT2D eigenvalue weighted by atomic mass is 16.5. The molecule has 0 aromatic rings. The molecule has 0 bridgehead atoms. The Morgan fingerprint density at radius 1 is 1.23 bits per heavy atom. The van der Waals surface area contributed by atoms with E-state index in [1.165, 1.54) is 19.8 Å². The fourth-order valence-electron chi connectivity index (χ4n) is 2.60. The van der Waals surface area contributed by atoms with Crippen molar-refractivity contribution < 1.29 is 14.3 Å². The first-order valence-electron chi connectivity index (χ1n) is 8.12. The first-order chi connectivity index (χ1) is 10.5. The molecule has 0 aromatic heterocycles. The minimum absolute atomic E-state index is 0.0610. The molecule has 2 rings (SSSR count). The molecule has 7 nitrogen and oxygen atoms in total. The molecule has 2 fully saturated rings. The summed E-state index contributed by atoms with van der Waals surface area (Å²) < 4.78 is 5.77. The van der Waals surface area contributed by atoms with Crippen LogP contribution >= 0.6 is 0 Å². The standard InChI is InChI=1S/C15H28N4O3/c1-12(20)16-5-6-17-15(21)19(9-13-3-4-13)11-14-10-18(2)7-8-22-14/h13-14H,3-11H2,1-2H3,(H,16,20)(H,17,21)/t14-/m1/s1. The molecule has 1 saturated carbocycles. The second kappa shape index (κ2) is 8.33. The van der Waals surface area contributed by atoms with Gasteiger partial charge in [0.05, 0.1) is 12.7 Å². The molecule has 0 spiro atoms. The molecule has 126 valence electrons. The van der Waals surface area contributed by atoms with E-state index in [1.807, 2.05) is 4.90 Å². The molecule has 3 amide bonds. The predicted molar refractivity (Wildman–Crippen MR) is 83.6 cm³/mol. The predicted octanol–water partition coefficient (Wildman–Crippen LogP) is -0.125. The highest BCUT2D eigenvalue weighted by Gasteiger charge is 2.29. The summed E-state index contributed by atoms with van der Waals surface area (Å²) >= 11 is 0. The van der Waals surface area contributed by atoms with E-state index in [2.05, 4.69) is 22.6 Å². The normalized spacial score (nSPS) is 22.2. The van der Waals surface area contributed by atoms with Gasteiger partial charge in [-0.05, 0) is 25.8 Å². The monoisotopic (exact) mass is 312 g/mol. The van der Waals surface area contributed by atoms with Gasteiger partial charge in [-0.25, -0.2) is 4.79 Å². The van der Waals surface area contributed by atoms with Crippen molar-refractivity contribution in [3.05, 3.63) is 0 Å². The number of nitrogens with one attached hydrogen (secondary N) is 2. The maximum atomic E-state index is 12.3. The number of likely N-dealkylation sites (N-methyl/N-ethyl adjacent to an activating group) is 1. The van der Waals surface area contributed by atoms with Crippen molar-refractivity contribution in [2.75, 3.05) is 52.9 Å². The Labute approximate surface area is 132 Å². The maximum absolute atomic E-state index is 12.3. The van der Waals surface area contributed by atoms with E-state index in [-0.39, 0.29) is 18.0 Å². The number of carbonyl (C=O) groups is 2. The second-order valence-electron chi connectivity index (χ2n) is 6.32. The van der Waals surface area contributed by atoms with E-state index in [0.717, 1.165) is 26.2 Å². The smallest absolute Gasteiger partial charge is 0.317 e. The Hall–Kier alpha value is -1.34. The van der Waals surface area contributed by atoms with Crippen LogP contribution < -0.4 is 10.6 Å². The summed E-state index contributed by atoms with van der Waals surface area (Å²) in [6.45, 7) is 6.34. The third kappa shape index (κ3) is 6.19. The lowest BCUT2D eigenvalue weighted by Crippen LogP contribution is -2.51. The van der Waals surface area contributed by atoms with Crippen LogP contribution in [0.2, 0.25) is 0 Å². The van der Waals surface area contributed by atoms with E-state index in [1.54, 1.807) is 0 Å². The quantitative estimate of drug-likeness (QED) is 0.643. The van der Waals surface area contributed by atoms with Gasteiger partial charge in [-0.15, -0.1) is 0 Å². The molecule has 1 saturated heterocycles. The van der Waals surface area contributed by atoms with Crippen LogP contribution in [0.3, 0.4) is 0 Å². The molecule has 2 aliphatic rings. The molecule has 2 N–H and O–H groups in total. The fraction of sp³-hybridized carbons (Fsp3) is 0.867. The van der Waals surface area contributed by atoms with E-state index in [9.17, 15) is 9.59 Å². The molecule has 7 heteroatoms. The van der Waals surface area contributed by atoms with Gasteiger partial charge in [-0.1, -0.05) is 0 Å². The lowest BCUT2D eigenvalue weighted by molar-refractivity contribution is -0.118. The lowest BCUT2D eigenvalue weighted by Gasteiger charge is -2.34. The van der Waals surface area contributed by atoms with Crippen LogP contribution in [0.4, 0.5) is 4.79 Å². The Balaban J connectivity index is 1.76. The average molecular weight is 312 g/mol. The number of amides is 3. The molecule has 0 unspecified atom stereocenters. The minimum Gasteiger partial charge on any atom is -0.374 e. The van der Waals surface area contributed by atoms with Crippen LogP contribution in [0.5, 0.6) is 0 Å². The number of urea groups is 1. The van der Waals surface area contributed by atoms with E-state index >= 15 is 0 Å². The van der Waals surface area contributed by atoms with Crippen molar-refractivity contribution in [1.29, 1.82) is 0 Å². The summed E-state index contributed by atoms with van der Waals surface area (Å²) in [5, 5.41) is 5.55. The number of carbonyl (C=O) groups excluding carboxylic acids is 2. The van der Waals surface area contributed by atoms with Crippen molar-refractivity contribution in [3.63, 3.8) is 0 Å². The molecule has 1 atom stereocenters. The lowest BCUT2D eigenvalue weighted by atomic mass is 10.2. The zero-order chi connectivity index (χ0) is 15.9. The maximum Gasteiger partial charge on any atom is 0.317 e. The van der Waals surface area contributed by atoms with E-state index < -0.39 is 0 Å². The van der Waals surface area contributed by atoms with Gasteiger partial charge >= 0.3 is 6.03 Å².